The summed E-state index contributed by atoms with van der Waals surface area (Å²) in [6.07, 6.45) is 3.07. The molecule has 1 aromatic heterocycles. The number of para-hydroxylation sites is 1. The monoisotopic (exact) mass is 461 g/mol. The average Bonchev–Trinajstić information content (AvgIpc) is 3.47. The molecule has 34 heavy (non-hydrogen) atoms. The molecular weight excluding hydrogens is 438 g/mol. The van der Waals surface area contributed by atoms with E-state index in [-0.39, 0.29) is 24.3 Å². The fourth-order valence-electron chi connectivity index (χ4n) is 4.55. The van der Waals surface area contributed by atoms with Crippen LogP contribution in [-0.4, -0.2) is 59.9 Å². The topological polar surface area (TPSA) is 117 Å². The Morgan fingerprint density at radius 1 is 1.12 bits per heavy atom. The molecule has 174 valence electrons. The van der Waals surface area contributed by atoms with E-state index in [0.29, 0.717) is 46.8 Å². The Balaban J connectivity index is 1.50. The highest BCUT2D eigenvalue weighted by molar-refractivity contribution is 6.18. The summed E-state index contributed by atoms with van der Waals surface area (Å²) in [6.45, 7) is 0.174. The highest BCUT2D eigenvalue weighted by Gasteiger charge is 2.50. The minimum Gasteiger partial charge on any atom is -0.493 e. The van der Waals surface area contributed by atoms with Gasteiger partial charge in [0, 0.05) is 30.4 Å². The van der Waals surface area contributed by atoms with Crippen LogP contribution in [-0.2, 0) is 11.2 Å². The molecule has 0 saturated heterocycles. The molecule has 2 N–H and O–H groups in total. The number of imidazole rings is 1. The van der Waals surface area contributed by atoms with Crippen LogP contribution in [0.3, 0.4) is 0 Å². The first-order valence-corrected chi connectivity index (χ1v) is 10.8. The molecule has 2 aliphatic heterocycles. The van der Waals surface area contributed by atoms with Crippen LogP contribution in [0.4, 0.5) is 5.69 Å². The molecule has 0 saturated carbocycles. The quantitative estimate of drug-likeness (QED) is 0.555. The maximum atomic E-state index is 13.6. The maximum absolute atomic E-state index is 13.6. The fraction of sp³-hybridized carbons (Fsp3) is 0.250. The SMILES string of the molecule is COc1ccc2c(c1OC)C(=O)N1c3ccccc3C(=O)N(CC(=O)NCCc3cnc[nH]3)[C@@H]21. The zero-order valence-corrected chi connectivity index (χ0v) is 18.7. The van der Waals surface area contributed by atoms with Gasteiger partial charge in [0.1, 0.15) is 12.7 Å². The smallest absolute Gasteiger partial charge is 0.264 e. The van der Waals surface area contributed by atoms with Crippen LogP contribution in [0.2, 0.25) is 0 Å². The first-order valence-electron chi connectivity index (χ1n) is 10.8. The normalized spacial score (nSPS) is 16.1. The minimum absolute atomic E-state index is 0.210. The van der Waals surface area contributed by atoms with Gasteiger partial charge >= 0.3 is 0 Å². The molecule has 2 aromatic carbocycles. The van der Waals surface area contributed by atoms with E-state index >= 15 is 0 Å². The fourth-order valence-corrected chi connectivity index (χ4v) is 4.55. The first kappa shape index (κ1) is 21.5. The zero-order chi connectivity index (χ0) is 23.8. The van der Waals surface area contributed by atoms with Crippen molar-refractivity contribution in [3.05, 3.63) is 71.3 Å². The third-order valence-corrected chi connectivity index (χ3v) is 6.07. The van der Waals surface area contributed by atoms with Gasteiger partial charge in [0.15, 0.2) is 11.5 Å². The molecular formula is C24H23N5O5. The van der Waals surface area contributed by atoms with Crippen LogP contribution >= 0.6 is 0 Å². The van der Waals surface area contributed by atoms with Crippen molar-refractivity contribution in [1.82, 2.24) is 20.2 Å². The van der Waals surface area contributed by atoms with Crippen molar-refractivity contribution < 1.29 is 23.9 Å². The molecule has 0 aliphatic carbocycles. The molecule has 3 amide bonds. The molecule has 3 heterocycles. The van der Waals surface area contributed by atoms with E-state index in [1.54, 1.807) is 53.8 Å². The Morgan fingerprint density at radius 2 is 1.94 bits per heavy atom. The standard InChI is InChI=1S/C24H23N5O5/c1-33-18-8-7-16-20(21(18)34-2)24(32)29-17-6-4-3-5-15(17)23(31)28(22(16)29)12-19(30)26-10-9-14-11-25-13-27-14/h3-8,11,13,22H,9-10,12H2,1-2H3,(H,25,27)(H,26,30)/t22-/m1/s1. The van der Waals surface area contributed by atoms with Crippen molar-refractivity contribution in [3.8, 4) is 11.5 Å². The number of ether oxygens (including phenoxy) is 2. The lowest BCUT2D eigenvalue weighted by Gasteiger charge is -2.40. The molecule has 0 spiro atoms. The second-order valence-corrected chi connectivity index (χ2v) is 7.94. The Labute approximate surface area is 195 Å². The van der Waals surface area contributed by atoms with Crippen molar-refractivity contribution in [2.75, 3.05) is 32.2 Å². The number of rotatable bonds is 7. The number of benzene rings is 2. The number of nitrogens with zero attached hydrogens (tertiary/aromatic N) is 3. The molecule has 0 fully saturated rings. The number of aromatic amines is 1. The lowest BCUT2D eigenvalue weighted by atomic mass is 10.0. The van der Waals surface area contributed by atoms with Gasteiger partial charge in [0.05, 0.1) is 37.4 Å². The molecule has 2 aliphatic rings. The minimum atomic E-state index is -0.775. The molecule has 0 radical (unpaired) electrons. The van der Waals surface area contributed by atoms with Gasteiger partial charge in [-0.15, -0.1) is 0 Å². The number of anilines is 1. The largest absolute Gasteiger partial charge is 0.493 e. The van der Waals surface area contributed by atoms with Crippen LogP contribution in [0.25, 0.3) is 0 Å². The van der Waals surface area contributed by atoms with Gasteiger partial charge in [-0.25, -0.2) is 4.98 Å². The van der Waals surface area contributed by atoms with E-state index in [9.17, 15) is 14.4 Å². The number of carbonyl (C=O) groups excluding carboxylic acids is 3. The number of nitrogens with one attached hydrogen (secondary N) is 2. The summed E-state index contributed by atoms with van der Waals surface area (Å²) in [5.41, 5.74) is 2.65. The Morgan fingerprint density at radius 3 is 2.68 bits per heavy atom. The predicted molar refractivity (Wildman–Crippen MR) is 122 cm³/mol. The number of hydrogen-bond donors (Lipinski definition) is 2. The van der Waals surface area contributed by atoms with Crippen LogP contribution in [0.1, 0.15) is 38.1 Å². The van der Waals surface area contributed by atoms with Crippen molar-refractivity contribution in [1.29, 1.82) is 0 Å². The first-order chi connectivity index (χ1) is 16.5. The maximum Gasteiger partial charge on any atom is 0.264 e. The molecule has 1 atom stereocenters. The van der Waals surface area contributed by atoms with Gasteiger partial charge in [-0.2, -0.15) is 0 Å². The number of hydrogen-bond acceptors (Lipinski definition) is 6. The molecule has 3 aromatic rings. The van der Waals surface area contributed by atoms with Crippen LogP contribution in [0.15, 0.2) is 48.9 Å². The number of carbonyl (C=O) groups is 3. The lowest BCUT2D eigenvalue weighted by molar-refractivity contribution is -0.122. The van der Waals surface area contributed by atoms with Gasteiger partial charge in [0.2, 0.25) is 5.91 Å². The number of aromatic nitrogens is 2. The number of methoxy groups -OCH3 is 2. The summed E-state index contributed by atoms with van der Waals surface area (Å²) in [5, 5.41) is 2.84. The third-order valence-electron chi connectivity index (χ3n) is 6.07. The summed E-state index contributed by atoms with van der Waals surface area (Å²) < 4.78 is 10.9. The predicted octanol–water partition coefficient (Wildman–Crippen LogP) is 1.90. The van der Waals surface area contributed by atoms with E-state index in [1.807, 2.05) is 0 Å². The molecule has 10 heteroatoms. The van der Waals surface area contributed by atoms with Gasteiger partial charge in [-0.1, -0.05) is 18.2 Å². The Hall–Kier alpha value is -4.34. The van der Waals surface area contributed by atoms with Crippen molar-refractivity contribution in [3.63, 3.8) is 0 Å². The summed E-state index contributed by atoms with van der Waals surface area (Å²) in [4.78, 5) is 49.8. The van der Waals surface area contributed by atoms with Crippen molar-refractivity contribution in [2.45, 2.75) is 12.6 Å². The van der Waals surface area contributed by atoms with E-state index in [0.717, 1.165) is 5.69 Å². The summed E-state index contributed by atoms with van der Waals surface area (Å²) >= 11 is 0. The van der Waals surface area contributed by atoms with Gasteiger partial charge in [-0.05, 0) is 18.2 Å². The molecule has 5 rings (SSSR count). The second kappa shape index (κ2) is 8.54. The highest BCUT2D eigenvalue weighted by atomic mass is 16.5. The van der Waals surface area contributed by atoms with E-state index in [1.165, 1.54) is 19.1 Å². The van der Waals surface area contributed by atoms with Gasteiger partial charge < -0.3 is 24.7 Å². The van der Waals surface area contributed by atoms with E-state index in [2.05, 4.69) is 15.3 Å². The number of fused-ring (bicyclic) bond motifs is 5. The molecule has 0 unspecified atom stereocenters. The highest BCUT2D eigenvalue weighted by Crippen LogP contribution is 2.49. The van der Waals surface area contributed by atoms with Crippen LogP contribution in [0, 0.1) is 0 Å². The zero-order valence-electron chi connectivity index (χ0n) is 18.7. The third kappa shape index (κ3) is 3.35. The Kier molecular flexibility index (Phi) is 5.40. The molecule has 10 nitrogen and oxygen atoms in total. The second-order valence-electron chi connectivity index (χ2n) is 7.94. The summed E-state index contributed by atoms with van der Waals surface area (Å²) in [5.74, 6) is -0.254. The van der Waals surface area contributed by atoms with Crippen molar-refractivity contribution in [2.24, 2.45) is 0 Å². The van der Waals surface area contributed by atoms with Gasteiger partial charge in [-0.3, -0.25) is 19.3 Å². The lowest BCUT2D eigenvalue weighted by Crippen LogP contribution is -2.51. The number of amides is 3. The molecule has 0 bridgehead atoms. The average molecular weight is 461 g/mol. The number of H-pyrrole nitrogens is 1. The van der Waals surface area contributed by atoms with E-state index in [4.69, 9.17) is 9.47 Å². The Bertz CT molecular complexity index is 1270. The van der Waals surface area contributed by atoms with Gasteiger partial charge in [0.25, 0.3) is 11.8 Å². The van der Waals surface area contributed by atoms with Crippen LogP contribution in [0.5, 0.6) is 11.5 Å². The van der Waals surface area contributed by atoms with Crippen molar-refractivity contribution >= 4 is 23.4 Å². The summed E-state index contributed by atoms with van der Waals surface area (Å²) in [7, 11) is 2.96. The van der Waals surface area contributed by atoms with Crippen LogP contribution < -0.4 is 19.7 Å². The van der Waals surface area contributed by atoms with E-state index < -0.39 is 6.17 Å². The summed E-state index contributed by atoms with van der Waals surface area (Å²) in [6, 6.07) is 10.3.